The van der Waals surface area contributed by atoms with E-state index in [1.165, 1.54) is 6.33 Å². The van der Waals surface area contributed by atoms with E-state index >= 15 is 0 Å². The summed E-state index contributed by atoms with van der Waals surface area (Å²) in [5.41, 5.74) is 3.20. The average molecular weight is 304 g/mol. The van der Waals surface area contributed by atoms with Crippen molar-refractivity contribution < 1.29 is 4.79 Å². The molecule has 1 amide bonds. The molecule has 1 N–H and O–H groups in total. The largest absolute Gasteiger partial charge is 0.350 e. The van der Waals surface area contributed by atoms with Gasteiger partial charge in [-0.1, -0.05) is 30.3 Å². The summed E-state index contributed by atoms with van der Waals surface area (Å²) in [6, 6.07) is 15.3. The predicted octanol–water partition coefficient (Wildman–Crippen LogP) is 2.51. The maximum atomic E-state index is 12.2. The van der Waals surface area contributed by atoms with Gasteiger partial charge in [0.15, 0.2) is 0 Å². The van der Waals surface area contributed by atoms with Crippen LogP contribution in [0.4, 0.5) is 0 Å². The van der Waals surface area contributed by atoms with Gasteiger partial charge in [0.25, 0.3) is 5.91 Å². The van der Waals surface area contributed by atoms with Gasteiger partial charge in [-0.05, 0) is 30.2 Å². The molecule has 0 atom stereocenters. The van der Waals surface area contributed by atoms with Crippen LogP contribution in [0.25, 0.3) is 11.3 Å². The van der Waals surface area contributed by atoms with Crippen molar-refractivity contribution in [2.75, 3.05) is 6.54 Å². The lowest BCUT2D eigenvalue weighted by atomic mass is 10.1. The number of pyridine rings is 1. The summed E-state index contributed by atoms with van der Waals surface area (Å²) < 4.78 is 0. The minimum atomic E-state index is -0.196. The highest BCUT2D eigenvalue weighted by molar-refractivity contribution is 5.93. The lowest BCUT2D eigenvalue weighted by Gasteiger charge is -2.06. The fraction of sp³-hybridized carbons (Fsp3) is 0.111. The third-order valence-corrected chi connectivity index (χ3v) is 3.42. The van der Waals surface area contributed by atoms with Crippen molar-refractivity contribution in [3.63, 3.8) is 0 Å². The SMILES string of the molecule is O=C(NCCc1ccncc1)c1cc(-c2ccccc2)ncn1. The summed E-state index contributed by atoms with van der Waals surface area (Å²) in [4.78, 5) is 24.5. The molecular weight excluding hydrogens is 288 g/mol. The second-order valence-electron chi connectivity index (χ2n) is 5.02. The summed E-state index contributed by atoms with van der Waals surface area (Å²) in [6.07, 6.45) is 5.66. The summed E-state index contributed by atoms with van der Waals surface area (Å²) in [7, 11) is 0. The minimum Gasteiger partial charge on any atom is -0.350 e. The molecule has 0 aliphatic carbocycles. The highest BCUT2D eigenvalue weighted by Crippen LogP contribution is 2.15. The fourth-order valence-electron chi connectivity index (χ4n) is 2.21. The standard InChI is InChI=1S/C18H16N4O/c23-18(20-11-8-14-6-9-19-10-7-14)17-12-16(21-13-22-17)15-4-2-1-3-5-15/h1-7,9-10,12-13H,8,11H2,(H,20,23). The maximum Gasteiger partial charge on any atom is 0.270 e. The average Bonchev–Trinajstić information content (AvgIpc) is 2.63. The Kier molecular flexibility index (Phi) is 4.69. The summed E-state index contributed by atoms with van der Waals surface area (Å²) in [5, 5.41) is 2.88. The molecule has 2 aromatic heterocycles. The van der Waals surface area contributed by atoms with Gasteiger partial charge in [-0.25, -0.2) is 9.97 Å². The molecular formula is C18H16N4O. The van der Waals surface area contributed by atoms with Crippen molar-refractivity contribution in [2.45, 2.75) is 6.42 Å². The second kappa shape index (κ2) is 7.26. The number of aromatic nitrogens is 3. The highest BCUT2D eigenvalue weighted by atomic mass is 16.1. The number of carbonyl (C=O) groups is 1. The van der Waals surface area contributed by atoms with Crippen molar-refractivity contribution >= 4 is 5.91 Å². The Bertz CT molecular complexity index is 775. The molecule has 0 aliphatic heterocycles. The molecule has 0 unspecified atom stereocenters. The van der Waals surface area contributed by atoms with Crippen LogP contribution in [0.1, 0.15) is 16.1 Å². The molecule has 0 fully saturated rings. The van der Waals surface area contributed by atoms with Crippen molar-refractivity contribution in [3.05, 3.63) is 78.5 Å². The molecule has 114 valence electrons. The van der Waals surface area contributed by atoms with Gasteiger partial charge in [0, 0.05) is 24.5 Å². The van der Waals surface area contributed by atoms with Gasteiger partial charge in [0.1, 0.15) is 12.0 Å². The van der Waals surface area contributed by atoms with Crippen LogP contribution >= 0.6 is 0 Å². The molecule has 23 heavy (non-hydrogen) atoms. The molecule has 2 heterocycles. The van der Waals surface area contributed by atoms with Gasteiger partial charge in [-0.3, -0.25) is 9.78 Å². The fourth-order valence-corrected chi connectivity index (χ4v) is 2.21. The highest BCUT2D eigenvalue weighted by Gasteiger charge is 2.09. The van der Waals surface area contributed by atoms with E-state index in [2.05, 4.69) is 20.3 Å². The van der Waals surface area contributed by atoms with Crippen molar-refractivity contribution in [2.24, 2.45) is 0 Å². The molecule has 0 radical (unpaired) electrons. The number of carbonyl (C=O) groups excluding carboxylic acids is 1. The van der Waals surface area contributed by atoms with E-state index < -0.39 is 0 Å². The third-order valence-electron chi connectivity index (χ3n) is 3.42. The number of amides is 1. The first-order valence-electron chi connectivity index (χ1n) is 7.37. The monoisotopic (exact) mass is 304 g/mol. The molecule has 0 bridgehead atoms. The number of nitrogens with zero attached hydrogens (tertiary/aromatic N) is 3. The summed E-state index contributed by atoms with van der Waals surface area (Å²) in [6.45, 7) is 0.549. The Hall–Kier alpha value is -3.08. The normalized spacial score (nSPS) is 10.3. The van der Waals surface area contributed by atoms with Gasteiger partial charge in [0.05, 0.1) is 5.69 Å². The van der Waals surface area contributed by atoms with Crippen LogP contribution in [0, 0.1) is 0 Å². The van der Waals surface area contributed by atoms with Crippen molar-refractivity contribution in [1.29, 1.82) is 0 Å². The molecule has 1 aromatic carbocycles. The molecule has 0 saturated carbocycles. The summed E-state index contributed by atoms with van der Waals surface area (Å²) in [5.74, 6) is -0.196. The molecule has 5 nitrogen and oxygen atoms in total. The van der Waals surface area contributed by atoms with E-state index in [1.807, 2.05) is 42.5 Å². The minimum absolute atomic E-state index is 0.196. The van der Waals surface area contributed by atoms with Crippen LogP contribution in [0.2, 0.25) is 0 Å². The quantitative estimate of drug-likeness (QED) is 0.786. The van der Waals surface area contributed by atoms with Crippen LogP contribution in [0.15, 0.2) is 67.3 Å². The van der Waals surface area contributed by atoms with E-state index in [-0.39, 0.29) is 5.91 Å². The van der Waals surface area contributed by atoms with E-state index in [1.54, 1.807) is 18.5 Å². The smallest absolute Gasteiger partial charge is 0.270 e. The maximum absolute atomic E-state index is 12.2. The first kappa shape index (κ1) is 14.8. The molecule has 0 saturated heterocycles. The van der Waals surface area contributed by atoms with Crippen molar-refractivity contribution in [3.8, 4) is 11.3 Å². The Morgan fingerprint density at radius 3 is 2.57 bits per heavy atom. The van der Waals surface area contributed by atoms with E-state index in [4.69, 9.17) is 0 Å². The van der Waals surface area contributed by atoms with E-state index in [0.29, 0.717) is 12.2 Å². The number of hydrogen-bond donors (Lipinski definition) is 1. The van der Waals surface area contributed by atoms with E-state index in [9.17, 15) is 4.79 Å². The Morgan fingerprint density at radius 1 is 1.00 bits per heavy atom. The first-order chi connectivity index (χ1) is 11.3. The number of rotatable bonds is 5. The number of benzene rings is 1. The second-order valence-corrected chi connectivity index (χ2v) is 5.02. The zero-order valence-electron chi connectivity index (χ0n) is 12.5. The zero-order chi connectivity index (χ0) is 15.9. The van der Waals surface area contributed by atoms with Gasteiger partial charge < -0.3 is 5.32 Å². The zero-order valence-corrected chi connectivity index (χ0v) is 12.5. The van der Waals surface area contributed by atoms with Crippen LogP contribution in [0.3, 0.4) is 0 Å². The first-order valence-corrected chi connectivity index (χ1v) is 7.37. The van der Waals surface area contributed by atoms with Gasteiger partial charge in [-0.15, -0.1) is 0 Å². The Morgan fingerprint density at radius 2 is 1.78 bits per heavy atom. The lowest BCUT2D eigenvalue weighted by Crippen LogP contribution is -2.26. The third kappa shape index (κ3) is 3.97. The molecule has 0 spiro atoms. The van der Waals surface area contributed by atoms with Crippen LogP contribution < -0.4 is 5.32 Å². The van der Waals surface area contributed by atoms with Crippen LogP contribution in [-0.4, -0.2) is 27.4 Å². The molecule has 0 aliphatic rings. The molecule has 3 aromatic rings. The Balaban J connectivity index is 1.64. The summed E-state index contributed by atoms with van der Waals surface area (Å²) >= 11 is 0. The number of hydrogen-bond acceptors (Lipinski definition) is 4. The van der Waals surface area contributed by atoms with Gasteiger partial charge in [-0.2, -0.15) is 0 Å². The number of nitrogens with one attached hydrogen (secondary N) is 1. The topological polar surface area (TPSA) is 67.8 Å². The predicted molar refractivity (Wildman–Crippen MR) is 87.7 cm³/mol. The van der Waals surface area contributed by atoms with Gasteiger partial charge >= 0.3 is 0 Å². The van der Waals surface area contributed by atoms with Gasteiger partial charge in [0.2, 0.25) is 0 Å². The van der Waals surface area contributed by atoms with Crippen molar-refractivity contribution in [1.82, 2.24) is 20.3 Å². The Labute approximate surface area is 134 Å². The van der Waals surface area contributed by atoms with E-state index in [0.717, 1.165) is 23.2 Å². The van der Waals surface area contributed by atoms with Crippen LogP contribution in [0.5, 0.6) is 0 Å². The molecule has 5 heteroatoms. The molecule has 3 rings (SSSR count). The van der Waals surface area contributed by atoms with Crippen LogP contribution in [-0.2, 0) is 6.42 Å². The lowest BCUT2D eigenvalue weighted by molar-refractivity contribution is 0.0949.